The number of carbonyl (C=O) groups excluding carboxylic acids is 1. The first kappa shape index (κ1) is 23.0. The number of ether oxygens (including phenoxy) is 3. The molecule has 1 fully saturated rings. The van der Waals surface area contributed by atoms with E-state index in [4.69, 9.17) is 14.2 Å². The summed E-state index contributed by atoms with van der Waals surface area (Å²) >= 11 is 0. The Hall–Kier alpha value is -2.77. The van der Waals surface area contributed by atoms with Crippen molar-refractivity contribution < 1.29 is 19.0 Å². The van der Waals surface area contributed by atoms with Crippen molar-refractivity contribution in [1.82, 2.24) is 14.7 Å². The smallest absolute Gasteiger partial charge is 0.231 e. The molecule has 182 valence electrons. The molecule has 2 aromatic rings. The fourth-order valence-corrected chi connectivity index (χ4v) is 5.21. The van der Waals surface area contributed by atoms with E-state index in [2.05, 4.69) is 47.1 Å². The zero-order valence-electron chi connectivity index (χ0n) is 20.3. The molecule has 7 heteroatoms. The molecule has 3 aliphatic heterocycles. The fourth-order valence-electron chi connectivity index (χ4n) is 5.21. The lowest BCUT2D eigenvalue weighted by Gasteiger charge is -2.34. The summed E-state index contributed by atoms with van der Waals surface area (Å²) in [4.78, 5) is 18.5. The second-order valence-corrected chi connectivity index (χ2v) is 9.80. The number of carbonyl (C=O) groups is 1. The second kappa shape index (κ2) is 10.2. The van der Waals surface area contributed by atoms with Crippen LogP contribution in [-0.4, -0.2) is 73.3 Å². The number of amides is 1. The molecule has 1 amide bonds. The molecule has 0 bridgehead atoms. The average Bonchev–Trinajstić information content (AvgIpc) is 3.19. The minimum Gasteiger partial charge on any atom is -0.492 e. The van der Waals surface area contributed by atoms with Crippen molar-refractivity contribution in [2.24, 2.45) is 5.92 Å². The van der Waals surface area contributed by atoms with Crippen LogP contribution in [0.4, 0.5) is 0 Å². The van der Waals surface area contributed by atoms with Gasteiger partial charge in [0.25, 0.3) is 0 Å². The average molecular weight is 466 g/mol. The molecular formula is C27H35N3O4. The fraction of sp³-hybridized carbons (Fsp3) is 0.519. The third-order valence-corrected chi connectivity index (χ3v) is 7.00. The Kier molecular flexibility index (Phi) is 6.92. The molecule has 0 aromatic heterocycles. The summed E-state index contributed by atoms with van der Waals surface area (Å²) in [5.41, 5.74) is 3.87. The molecule has 0 saturated carbocycles. The predicted octanol–water partition coefficient (Wildman–Crippen LogP) is 3.15. The zero-order valence-corrected chi connectivity index (χ0v) is 20.3. The summed E-state index contributed by atoms with van der Waals surface area (Å²) in [6, 6.07) is 12.9. The van der Waals surface area contributed by atoms with E-state index in [-0.39, 0.29) is 5.91 Å². The Labute approximate surface area is 202 Å². The number of piperazine rings is 1. The van der Waals surface area contributed by atoms with E-state index in [1.807, 2.05) is 11.0 Å². The minimum absolute atomic E-state index is 0.176. The molecule has 7 nitrogen and oxygen atoms in total. The number of rotatable bonds is 6. The number of hydrogen-bond donors (Lipinski definition) is 0. The molecule has 0 spiro atoms. The summed E-state index contributed by atoms with van der Waals surface area (Å²) < 4.78 is 17.1. The largest absolute Gasteiger partial charge is 0.492 e. The van der Waals surface area contributed by atoms with Gasteiger partial charge in [0.2, 0.25) is 12.7 Å². The van der Waals surface area contributed by atoms with Gasteiger partial charge in [-0.2, -0.15) is 0 Å². The molecule has 0 aliphatic carbocycles. The maximum atomic E-state index is 11.6. The van der Waals surface area contributed by atoms with Crippen LogP contribution in [0, 0.1) is 5.92 Å². The van der Waals surface area contributed by atoms with E-state index in [1.54, 1.807) is 6.92 Å². The van der Waals surface area contributed by atoms with E-state index in [9.17, 15) is 4.79 Å². The highest BCUT2D eigenvalue weighted by Crippen LogP contribution is 2.33. The van der Waals surface area contributed by atoms with Gasteiger partial charge in [-0.15, -0.1) is 0 Å². The summed E-state index contributed by atoms with van der Waals surface area (Å²) in [5, 5.41) is 0. The Morgan fingerprint density at radius 1 is 0.882 bits per heavy atom. The first-order valence-corrected chi connectivity index (χ1v) is 12.4. The van der Waals surface area contributed by atoms with Gasteiger partial charge >= 0.3 is 0 Å². The van der Waals surface area contributed by atoms with Crippen LogP contribution in [0.25, 0.3) is 0 Å². The van der Waals surface area contributed by atoms with E-state index >= 15 is 0 Å². The topological polar surface area (TPSA) is 54.5 Å². The summed E-state index contributed by atoms with van der Waals surface area (Å²) in [6.07, 6.45) is 1.01. The van der Waals surface area contributed by atoms with Crippen LogP contribution in [0.15, 0.2) is 36.4 Å². The number of fused-ring (bicyclic) bond motifs is 2. The normalized spacial score (nSPS) is 19.3. The van der Waals surface area contributed by atoms with E-state index in [1.165, 1.54) is 16.7 Å². The van der Waals surface area contributed by atoms with Gasteiger partial charge in [0.15, 0.2) is 11.5 Å². The van der Waals surface area contributed by atoms with Gasteiger partial charge in [0.1, 0.15) is 12.4 Å². The zero-order chi connectivity index (χ0) is 23.5. The van der Waals surface area contributed by atoms with Crippen LogP contribution in [-0.2, 0) is 24.3 Å². The highest BCUT2D eigenvalue weighted by molar-refractivity contribution is 5.73. The highest BCUT2D eigenvalue weighted by Gasteiger charge is 2.21. The molecule has 0 radical (unpaired) electrons. The van der Waals surface area contributed by atoms with Crippen LogP contribution < -0.4 is 14.2 Å². The Balaban J connectivity index is 1.18. The van der Waals surface area contributed by atoms with Gasteiger partial charge < -0.3 is 19.1 Å². The standard InChI is InChI=1S/C27H35N3O4/c1-20(13-22-3-6-26-27(15-22)34-19-33-26)16-29-11-12-32-25-5-4-23(14-24(25)18-29)17-28-7-9-30(10-8-28)21(2)31/h3-6,14-15,20H,7-13,16-19H2,1-2H3/t20-/m1/s1. The molecule has 34 heavy (non-hydrogen) atoms. The maximum absolute atomic E-state index is 11.6. The van der Waals surface area contributed by atoms with E-state index in [0.29, 0.717) is 12.7 Å². The molecule has 3 heterocycles. The van der Waals surface area contributed by atoms with Gasteiger partial charge in [-0.25, -0.2) is 0 Å². The van der Waals surface area contributed by atoms with Crippen LogP contribution >= 0.6 is 0 Å². The highest BCUT2D eigenvalue weighted by atomic mass is 16.7. The summed E-state index contributed by atoms with van der Waals surface area (Å²) in [5.74, 6) is 3.40. The van der Waals surface area contributed by atoms with Crippen molar-refractivity contribution >= 4 is 5.91 Å². The predicted molar refractivity (Wildman–Crippen MR) is 130 cm³/mol. The first-order chi connectivity index (χ1) is 16.5. The molecule has 1 atom stereocenters. The third kappa shape index (κ3) is 5.47. The summed E-state index contributed by atoms with van der Waals surface area (Å²) in [7, 11) is 0. The molecule has 0 N–H and O–H groups in total. The number of nitrogens with zero attached hydrogens (tertiary/aromatic N) is 3. The SMILES string of the molecule is CC(=O)N1CCN(Cc2ccc3c(c2)CN(C[C@H](C)Cc2ccc4c(c2)OCO4)CCO3)CC1. The van der Waals surface area contributed by atoms with Crippen molar-refractivity contribution in [2.45, 2.75) is 33.4 Å². The van der Waals surface area contributed by atoms with Crippen molar-refractivity contribution in [3.05, 3.63) is 53.1 Å². The quantitative estimate of drug-likeness (QED) is 0.653. The molecule has 1 saturated heterocycles. The Bertz CT molecular complexity index is 1020. The Morgan fingerprint density at radius 2 is 1.65 bits per heavy atom. The third-order valence-electron chi connectivity index (χ3n) is 7.00. The van der Waals surface area contributed by atoms with Crippen molar-refractivity contribution in [2.75, 3.05) is 52.7 Å². The first-order valence-electron chi connectivity index (χ1n) is 12.4. The van der Waals surface area contributed by atoms with Crippen molar-refractivity contribution in [3.8, 4) is 17.2 Å². The lowest BCUT2D eigenvalue weighted by Crippen LogP contribution is -2.47. The van der Waals surface area contributed by atoms with Crippen molar-refractivity contribution in [1.29, 1.82) is 0 Å². The molecule has 2 aromatic carbocycles. The van der Waals surface area contributed by atoms with Gasteiger partial charge in [0.05, 0.1) is 0 Å². The van der Waals surface area contributed by atoms with Crippen LogP contribution in [0.2, 0.25) is 0 Å². The van der Waals surface area contributed by atoms with E-state index < -0.39 is 0 Å². The monoisotopic (exact) mass is 465 g/mol. The summed E-state index contributed by atoms with van der Waals surface area (Å²) in [6.45, 7) is 12.3. The number of benzene rings is 2. The maximum Gasteiger partial charge on any atom is 0.231 e. The lowest BCUT2D eigenvalue weighted by molar-refractivity contribution is -0.130. The molecule has 5 rings (SSSR count). The van der Waals surface area contributed by atoms with Gasteiger partial charge in [-0.05, 0) is 47.7 Å². The Morgan fingerprint density at radius 3 is 2.47 bits per heavy atom. The molecule has 0 unspecified atom stereocenters. The van der Waals surface area contributed by atoms with Gasteiger partial charge in [0, 0.05) is 64.8 Å². The second-order valence-electron chi connectivity index (χ2n) is 9.80. The van der Waals surface area contributed by atoms with Crippen LogP contribution in [0.3, 0.4) is 0 Å². The van der Waals surface area contributed by atoms with Crippen molar-refractivity contribution in [3.63, 3.8) is 0 Å². The van der Waals surface area contributed by atoms with E-state index in [0.717, 1.165) is 82.6 Å². The minimum atomic E-state index is 0.176. The van der Waals surface area contributed by atoms with Gasteiger partial charge in [-0.3, -0.25) is 14.6 Å². The molecule has 3 aliphatic rings. The molecular weight excluding hydrogens is 430 g/mol. The van der Waals surface area contributed by atoms with Crippen LogP contribution in [0.1, 0.15) is 30.5 Å². The van der Waals surface area contributed by atoms with Crippen LogP contribution in [0.5, 0.6) is 17.2 Å². The number of hydrogen-bond acceptors (Lipinski definition) is 6. The van der Waals surface area contributed by atoms with Gasteiger partial charge in [-0.1, -0.05) is 19.1 Å². The lowest BCUT2D eigenvalue weighted by atomic mass is 9.99.